The molecule has 1 aromatic carbocycles. The standard InChI is InChI=1S/C12H10NO/c1-10-6-2-3-7-11(10)14-12-8-4-5-9-13-12/h2,4-9H,1H3. The average molecular weight is 184 g/mol. The van der Waals surface area contributed by atoms with Crippen LogP contribution in [0.3, 0.4) is 0 Å². The van der Waals surface area contributed by atoms with Crippen molar-refractivity contribution in [3.8, 4) is 11.6 Å². The molecule has 0 aliphatic rings. The summed E-state index contributed by atoms with van der Waals surface area (Å²) in [6.07, 6.45) is 1.71. The van der Waals surface area contributed by atoms with Gasteiger partial charge in [-0.3, -0.25) is 0 Å². The van der Waals surface area contributed by atoms with Gasteiger partial charge in [-0.15, -0.1) is 0 Å². The predicted octanol–water partition coefficient (Wildman–Crippen LogP) is 2.98. The molecule has 0 unspecified atom stereocenters. The number of hydrogen-bond acceptors (Lipinski definition) is 2. The highest BCUT2D eigenvalue weighted by molar-refractivity contribution is 5.34. The summed E-state index contributed by atoms with van der Waals surface area (Å²) in [6, 6.07) is 14.2. The van der Waals surface area contributed by atoms with Crippen molar-refractivity contribution in [2.24, 2.45) is 0 Å². The summed E-state index contributed by atoms with van der Waals surface area (Å²) < 4.78 is 5.57. The molecule has 1 radical (unpaired) electrons. The summed E-state index contributed by atoms with van der Waals surface area (Å²) in [4.78, 5) is 4.08. The molecule has 2 heteroatoms. The van der Waals surface area contributed by atoms with Gasteiger partial charge in [0.25, 0.3) is 0 Å². The number of benzene rings is 1. The van der Waals surface area contributed by atoms with Gasteiger partial charge in [0.1, 0.15) is 5.75 Å². The first-order valence-corrected chi connectivity index (χ1v) is 4.42. The molecule has 69 valence electrons. The highest BCUT2D eigenvalue weighted by Gasteiger charge is 1.99. The summed E-state index contributed by atoms with van der Waals surface area (Å²) in [7, 11) is 0. The number of pyridine rings is 1. The summed E-state index contributed by atoms with van der Waals surface area (Å²) >= 11 is 0. The first-order valence-electron chi connectivity index (χ1n) is 4.42. The van der Waals surface area contributed by atoms with Crippen molar-refractivity contribution in [2.75, 3.05) is 0 Å². The quantitative estimate of drug-likeness (QED) is 0.715. The maximum Gasteiger partial charge on any atom is 0.219 e. The highest BCUT2D eigenvalue weighted by atomic mass is 16.5. The predicted molar refractivity (Wildman–Crippen MR) is 54.3 cm³/mol. The van der Waals surface area contributed by atoms with Crippen LogP contribution in [0, 0.1) is 13.0 Å². The molecule has 0 aliphatic heterocycles. The van der Waals surface area contributed by atoms with Crippen LogP contribution in [0.2, 0.25) is 0 Å². The van der Waals surface area contributed by atoms with E-state index in [1.807, 2.05) is 43.3 Å². The van der Waals surface area contributed by atoms with E-state index in [1.165, 1.54) is 0 Å². The zero-order valence-electron chi connectivity index (χ0n) is 7.90. The summed E-state index contributed by atoms with van der Waals surface area (Å²) in [5.41, 5.74) is 1.08. The fourth-order valence-electron chi connectivity index (χ4n) is 1.12. The van der Waals surface area contributed by atoms with Crippen LogP contribution < -0.4 is 4.74 Å². The zero-order valence-corrected chi connectivity index (χ0v) is 7.90. The lowest BCUT2D eigenvalue weighted by molar-refractivity contribution is 0.459. The Hall–Kier alpha value is -1.83. The summed E-state index contributed by atoms with van der Waals surface area (Å²) in [5.74, 6) is 1.40. The monoisotopic (exact) mass is 184 g/mol. The van der Waals surface area contributed by atoms with Crippen LogP contribution in [0.1, 0.15) is 5.56 Å². The van der Waals surface area contributed by atoms with E-state index >= 15 is 0 Å². The second-order valence-corrected chi connectivity index (χ2v) is 2.96. The first-order chi connectivity index (χ1) is 6.86. The SMILES string of the molecule is Cc1cc[c]cc1Oc1ccccn1. The minimum Gasteiger partial charge on any atom is -0.439 e. The largest absolute Gasteiger partial charge is 0.439 e. The van der Waals surface area contributed by atoms with E-state index in [0.717, 1.165) is 11.3 Å². The van der Waals surface area contributed by atoms with Crippen molar-refractivity contribution in [2.45, 2.75) is 6.92 Å². The number of nitrogens with zero attached hydrogens (tertiary/aromatic N) is 1. The van der Waals surface area contributed by atoms with Crippen molar-refractivity contribution >= 4 is 0 Å². The lowest BCUT2D eigenvalue weighted by atomic mass is 10.2. The van der Waals surface area contributed by atoms with E-state index in [4.69, 9.17) is 4.74 Å². The zero-order chi connectivity index (χ0) is 9.80. The molecule has 0 saturated carbocycles. The molecular formula is C12H10NO. The molecular weight excluding hydrogens is 174 g/mol. The number of hydrogen-bond donors (Lipinski definition) is 0. The van der Waals surface area contributed by atoms with Gasteiger partial charge in [-0.05, 0) is 30.7 Å². The van der Waals surface area contributed by atoms with Gasteiger partial charge < -0.3 is 4.74 Å². The smallest absolute Gasteiger partial charge is 0.219 e. The van der Waals surface area contributed by atoms with E-state index < -0.39 is 0 Å². The van der Waals surface area contributed by atoms with Gasteiger partial charge in [-0.1, -0.05) is 18.2 Å². The van der Waals surface area contributed by atoms with Gasteiger partial charge in [0, 0.05) is 12.3 Å². The van der Waals surface area contributed by atoms with Crippen molar-refractivity contribution in [1.29, 1.82) is 0 Å². The Balaban J connectivity index is 2.24. The fraction of sp³-hybridized carbons (Fsp3) is 0.0833. The third-order valence-corrected chi connectivity index (χ3v) is 1.88. The molecule has 0 amide bonds. The number of rotatable bonds is 2. The van der Waals surface area contributed by atoms with E-state index in [-0.39, 0.29) is 0 Å². The topological polar surface area (TPSA) is 22.1 Å². The molecule has 2 aromatic rings. The molecule has 1 heterocycles. The van der Waals surface area contributed by atoms with Crippen molar-refractivity contribution < 1.29 is 4.74 Å². The fourth-order valence-corrected chi connectivity index (χ4v) is 1.12. The Morgan fingerprint density at radius 1 is 1.29 bits per heavy atom. The van der Waals surface area contributed by atoms with Gasteiger partial charge in [0.15, 0.2) is 0 Å². The maximum absolute atomic E-state index is 5.57. The van der Waals surface area contributed by atoms with Crippen LogP contribution in [0.25, 0.3) is 0 Å². The summed E-state index contributed by atoms with van der Waals surface area (Å²) in [6.45, 7) is 1.99. The number of aryl methyl sites for hydroxylation is 1. The Kier molecular flexibility index (Phi) is 2.45. The molecule has 2 nitrogen and oxygen atoms in total. The first kappa shape index (κ1) is 8.75. The third-order valence-electron chi connectivity index (χ3n) is 1.88. The van der Waals surface area contributed by atoms with E-state index in [0.29, 0.717) is 5.88 Å². The van der Waals surface area contributed by atoms with Crippen LogP contribution in [-0.2, 0) is 0 Å². The second-order valence-electron chi connectivity index (χ2n) is 2.96. The Morgan fingerprint density at radius 2 is 2.21 bits per heavy atom. The van der Waals surface area contributed by atoms with Crippen molar-refractivity contribution in [3.63, 3.8) is 0 Å². The second kappa shape index (κ2) is 3.92. The molecule has 0 N–H and O–H groups in total. The Morgan fingerprint density at radius 3 is 2.93 bits per heavy atom. The van der Waals surface area contributed by atoms with E-state index in [2.05, 4.69) is 11.1 Å². The van der Waals surface area contributed by atoms with Crippen LogP contribution >= 0.6 is 0 Å². The minimum absolute atomic E-state index is 0.607. The van der Waals surface area contributed by atoms with Crippen molar-refractivity contribution in [1.82, 2.24) is 4.98 Å². The highest BCUT2D eigenvalue weighted by Crippen LogP contribution is 2.21. The lowest BCUT2D eigenvalue weighted by Gasteiger charge is -2.05. The van der Waals surface area contributed by atoms with Gasteiger partial charge in [-0.25, -0.2) is 4.98 Å². The van der Waals surface area contributed by atoms with Crippen molar-refractivity contribution in [3.05, 3.63) is 54.2 Å². The van der Waals surface area contributed by atoms with E-state index in [1.54, 1.807) is 6.20 Å². The Labute approximate surface area is 83.2 Å². The minimum atomic E-state index is 0.607. The van der Waals surface area contributed by atoms with Crippen LogP contribution in [-0.4, -0.2) is 4.98 Å². The van der Waals surface area contributed by atoms with E-state index in [9.17, 15) is 0 Å². The number of aromatic nitrogens is 1. The molecule has 0 fully saturated rings. The maximum atomic E-state index is 5.57. The molecule has 0 atom stereocenters. The van der Waals surface area contributed by atoms with Gasteiger partial charge in [0.2, 0.25) is 5.88 Å². The normalized spacial score (nSPS) is 9.79. The molecule has 14 heavy (non-hydrogen) atoms. The summed E-state index contributed by atoms with van der Waals surface area (Å²) in [5, 5.41) is 0. The number of ether oxygens (including phenoxy) is 1. The lowest BCUT2D eigenvalue weighted by Crippen LogP contribution is -1.88. The molecule has 1 aromatic heterocycles. The third kappa shape index (κ3) is 1.91. The van der Waals surface area contributed by atoms with Crippen LogP contribution in [0.15, 0.2) is 42.6 Å². The Bertz CT molecular complexity index is 412. The van der Waals surface area contributed by atoms with Gasteiger partial charge >= 0.3 is 0 Å². The molecule has 0 bridgehead atoms. The molecule has 0 aliphatic carbocycles. The van der Waals surface area contributed by atoms with Crippen LogP contribution in [0.5, 0.6) is 11.6 Å². The molecule has 2 rings (SSSR count). The average Bonchev–Trinajstić information content (AvgIpc) is 2.23. The van der Waals surface area contributed by atoms with Gasteiger partial charge in [0.05, 0.1) is 0 Å². The van der Waals surface area contributed by atoms with Gasteiger partial charge in [-0.2, -0.15) is 0 Å². The molecule has 0 saturated heterocycles. The van der Waals surface area contributed by atoms with Crippen LogP contribution in [0.4, 0.5) is 0 Å². The molecule has 0 spiro atoms.